The molecule has 0 N–H and O–H groups in total. The van der Waals surface area contributed by atoms with E-state index in [9.17, 15) is 0 Å². The molecule has 2 nitrogen and oxygen atoms in total. The van der Waals surface area contributed by atoms with Crippen LogP contribution in [0.2, 0.25) is 0 Å². The smallest absolute Gasteiger partial charge is 0.0375 e. The highest BCUT2D eigenvalue weighted by Crippen LogP contribution is 2.05. The Labute approximate surface area is 70.5 Å². The van der Waals surface area contributed by atoms with Crippen LogP contribution in [0, 0.1) is 0 Å². The highest BCUT2D eigenvalue weighted by molar-refractivity contribution is 4.98. The first-order chi connectivity index (χ1) is 5.20. The monoisotopic (exact) mass is 156 g/mol. The third-order valence-corrected chi connectivity index (χ3v) is 1.81. The molecule has 1 saturated heterocycles. The second-order valence-electron chi connectivity index (χ2n) is 2.73. The lowest BCUT2D eigenvalue weighted by Gasteiger charge is -2.32. The minimum absolute atomic E-state index is 1.02. The summed E-state index contributed by atoms with van der Waals surface area (Å²) in [7, 11) is 4.22. The van der Waals surface area contributed by atoms with Gasteiger partial charge in [0.2, 0.25) is 0 Å². The Morgan fingerprint density at radius 2 is 1.73 bits per heavy atom. The molecule has 11 heavy (non-hydrogen) atoms. The molecule has 0 radical (unpaired) electrons. The molecule has 0 amide bonds. The van der Waals surface area contributed by atoms with E-state index in [0.717, 1.165) is 19.6 Å². The molecule has 0 aromatic rings. The van der Waals surface area contributed by atoms with Crippen LogP contribution < -0.4 is 0 Å². The van der Waals surface area contributed by atoms with E-state index >= 15 is 0 Å². The average molecular weight is 156 g/mol. The minimum atomic E-state index is 1.02. The predicted molar refractivity (Wildman–Crippen MR) is 50.6 cm³/mol. The van der Waals surface area contributed by atoms with Crippen LogP contribution in [0.3, 0.4) is 0 Å². The Bertz CT molecular complexity index is 121. The van der Waals surface area contributed by atoms with E-state index < -0.39 is 0 Å². The first-order valence-corrected chi connectivity index (χ1v) is 4.27. The van der Waals surface area contributed by atoms with Gasteiger partial charge in [-0.1, -0.05) is 20.4 Å². The molecule has 2 heteroatoms. The Morgan fingerprint density at radius 3 is 2.09 bits per heavy atom. The molecule has 1 aliphatic heterocycles. The molecule has 0 unspecified atom stereocenters. The van der Waals surface area contributed by atoms with Crippen molar-refractivity contribution in [3.05, 3.63) is 12.3 Å². The second kappa shape index (κ2) is 5.19. The minimum Gasteiger partial charge on any atom is -0.376 e. The van der Waals surface area contributed by atoms with Crippen molar-refractivity contribution in [2.24, 2.45) is 0 Å². The number of hydrogen-bond acceptors (Lipinski definition) is 2. The fourth-order valence-electron chi connectivity index (χ4n) is 0.990. The van der Waals surface area contributed by atoms with Crippen LogP contribution in [0.15, 0.2) is 12.3 Å². The quantitative estimate of drug-likeness (QED) is 0.523. The van der Waals surface area contributed by atoms with E-state index in [2.05, 4.69) is 30.5 Å². The van der Waals surface area contributed by atoms with Crippen molar-refractivity contribution in [2.45, 2.75) is 13.8 Å². The van der Waals surface area contributed by atoms with Gasteiger partial charge in [0, 0.05) is 32.4 Å². The average Bonchev–Trinajstić information content (AvgIpc) is 2.02. The molecule has 1 fully saturated rings. The number of rotatable bonds is 0. The summed E-state index contributed by atoms with van der Waals surface area (Å²) >= 11 is 0. The lowest BCUT2D eigenvalue weighted by atomic mass is 10.3. The molecule has 0 atom stereocenters. The Balaban J connectivity index is 0.000000461. The maximum absolute atomic E-state index is 3.93. The summed E-state index contributed by atoms with van der Waals surface area (Å²) in [6.07, 6.45) is 0. The van der Waals surface area contributed by atoms with Crippen molar-refractivity contribution >= 4 is 0 Å². The van der Waals surface area contributed by atoms with Crippen molar-refractivity contribution in [1.29, 1.82) is 0 Å². The van der Waals surface area contributed by atoms with Crippen LogP contribution >= 0.6 is 0 Å². The summed E-state index contributed by atoms with van der Waals surface area (Å²) in [5, 5.41) is 0. The van der Waals surface area contributed by atoms with E-state index in [1.807, 2.05) is 13.8 Å². The first-order valence-electron chi connectivity index (χ1n) is 4.27. The van der Waals surface area contributed by atoms with Gasteiger partial charge >= 0.3 is 0 Å². The normalized spacial score (nSPS) is 19.3. The van der Waals surface area contributed by atoms with Gasteiger partial charge in [0.1, 0.15) is 0 Å². The molecule has 0 saturated carbocycles. The van der Waals surface area contributed by atoms with Gasteiger partial charge in [0.15, 0.2) is 0 Å². The van der Waals surface area contributed by atoms with Crippen LogP contribution in [0.5, 0.6) is 0 Å². The zero-order chi connectivity index (χ0) is 8.85. The molecule has 0 aromatic carbocycles. The highest BCUT2D eigenvalue weighted by atomic mass is 15.2. The zero-order valence-corrected chi connectivity index (χ0v) is 8.22. The topological polar surface area (TPSA) is 6.48 Å². The molecule has 0 aliphatic carbocycles. The SMILES string of the molecule is C=C1CN(C)CCN1C.CC. The standard InChI is InChI=1S/C7H14N2.C2H6/c1-7-6-8(2)4-5-9(7)3;1-2/h1,4-6H2,2-3H3;1-2H3. The number of nitrogens with zero attached hydrogens (tertiary/aromatic N) is 2. The van der Waals surface area contributed by atoms with Crippen LogP contribution in [-0.2, 0) is 0 Å². The highest BCUT2D eigenvalue weighted by Gasteiger charge is 2.11. The predicted octanol–water partition coefficient (Wildman–Crippen LogP) is 1.40. The summed E-state index contributed by atoms with van der Waals surface area (Å²) in [6.45, 7) is 11.2. The van der Waals surface area contributed by atoms with Crippen molar-refractivity contribution in [3.8, 4) is 0 Å². The summed E-state index contributed by atoms with van der Waals surface area (Å²) in [6, 6.07) is 0. The van der Waals surface area contributed by atoms with Gasteiger partial charge < -0.3 is 4.90 Å². The molecule has 1 aliphatic rings. The van der Waals surface area contributed by atoms with Crippen molar-refractivity contribution in [2.75, 3.05) is 33.7 Å². The van der Waals surface area contributed by atoms with Crippen LogP contribution in [0.4, 0.5) is 0 Å². The van der Waals surface area contributed by atoms with Gasteiger partial charge in [0.05, 0.1) is 0 Å². The number of hydrogen-bond donors (Lipinski definition) is 0. The van der Waals surface area contributed by atoms with Gasteiger partial charge in [-0.3, -0.25) is 4.90 Å². The fraction of sp³-hybridized carbons (Fsp3) is 0.778. The number of likely N-dealkylation sites (N-methyl/N-ethyl adjacent to an activating group) is 2. The van der Waals surface area contributed by atoms with Gasteiger partial charge in [-0.2, -0.15) is 0 Å². The summed E-state index contributed by atoms with van der Waals surface area (Å²) < 4.78 is 0. The van der Waals surface area contributed by atoms with Crippen LogP contribution in [0.25, 0.3) is 0 Å². The van der Waals surface area contributed by atoms with Crippen molar-refractivity contribution in [3.63, 3.8) is 0 Å². The first kappa shape index (κ1) is 10.5. The molecule has 1 heterocycles. The van der Waals surface area contributed by atoms with E-state index in [1.54, 1.807) is 0 Å². The molecular formula is C9H20N2. The largest absolute Gasteiger partial charge is 0.376 e. The Kier molecular flexibility index (Phi) is 4.95. The van der Waals surface area contributed by atoms with Crippen LogP contribution in [-0.4, -0.2) is 43.5 Å². The molecule has 1 rings (SSSR count). The summed E-state index contributed by atoms with van der Waals surface area (Å²) in [4.78, 5) is 4.49. The maximum atomic E-state index is 3.93. The summed E-state index contributed by atoms with van der Waals surface area (Å²) in [5.41, 5.74) is 1.23. The molecular weight excluding hydrogens is 136 g/mol. The molecule has 0 bridgehead atoms. The van der Waals surface area contributed by atoms with Gasteiger partial charge in [0.25, 0.3) is 0 Å². The maximum Gasteiger partial charge on any atom is 0.0375 e. The van der Waals surface area contributed by atoms with E-state index in [-0.39, 0.29) is 0 Å². The second-order valence-corrected chi connectivity index (χ2v) is 2.73. The van der Waals surface area contributed by atoms with E-state index in [1.165, 1.54) is 5.70 Å². The Morgan fingerprint density at radius 1 is 1.18 bits per heavy atom. The fourth-order valence-corrected chi connectivity index (χ4v) is 0.990. The molecule has 0 spiro atoms. The van der Waals surface area contributed by atoms with E-state index in [0.29, 0.717) is 0 Å². The zero-order valence-electron chi connectivity index (χ0n) is 8.22. The van der Waals surface area contributed by atoms with Gasteiger partial charge in [-0.15, -0.1) is 0 Å². The van der Waals surface area contributed by atoms with Crippen molar-refractivity contribution in [1.82, 2.24) is 9.80 Å². The summed E-state index contributed by atoms with van der Waals surface area (Å²) in [5.74, 6) is 0. The third-order valence-electron chi connectivity index (χ3n) is 1.81. The Hall–Kier alpha value is -0.500. The molecule has 0 aromatic heterocycles. The third kappa shape index (κ3) is 3.42. The van der Waals surface area contributed by atoms with Gasteiger partial charge in [-0.05, 0) is 7.05 Å². The molecule has 66 valence electrons. The lowest BCUT2D eigenvalue weighted by molar-refractivity contribution is 0.230. The lowest BCUT2D eigenvalue weighted by Crippen LogP contribution is -2.40. The number of piperazine rings is 1. The van der Waals surface area contributed by atoms with Gasteiger partial charge in [-0.25, -0.2) is 0 Å². The van der Waals surface area contributed by atoms with Crippen LogP contribution in [0.1, 0.15) is 13.8 Å². The van der Waals surface area contributed by atoms with E-state index in [4.69, 9.17) is 0 Å². The van der Waals surface area contributed by atoms with Crippen molar-refractivity contribution < 1.29 is 0 Å².